The van der Waals surface area contributed by atoms with Gasteiger partial charge in [0.15, 0.2) is 0 Å². The standard InChI is InChI=1S/C14H20N4S/c1-2-18-14(16-9-17-18)8-11(15)13-7-10-5-3-4-6-12(10)19-13/h7,9,11H,2-6,8,15H2,1H3. The summed E-state index contributed by atoms with van der Waals surface area (Å²) in [6.45, 7) is 2.93. The Morgan fingerprint density at radius 2 is 2.26 bits per heavy atom. The number of hydrogen-bond donors (Lipinski definition) is 1. The first kappa shape index (κ1) is 12.8. The molecule has 4 nitrogen and oxygen atoms in total. The van der Waals surface area contributed by atoms with Gasteiger partial charge in [-0.3, -0.25) is 4.68 Å². The third-order valence-corrected chi connectivity index (χ3v) is 5.15. The molecule has 5 heteroatoms. The summed E-state index contributed by atoms with van der Waals surface area (Å²) in [6, 6.07) is 2.36. The van der Waals surface area contributed by atoms with Crippen molar-refractivity contribution in [2.75, 3.05) is 0 Å². The lowest BCUT2D eigenvalue weighted by Gasteiger charge is -2.09. The lowest BCUT2D eigenvalue weighted by atomic mass is 9.98. The Morgan fingerprint density at radius 3 is 3.05 bits per heavy atom. The first-order valence-electron chi connectivity index (χ1n) is 7.01. The second kappa shape index (κ2) is 5.43. The van der Waals surface area contributed by atoms with Crippen LogP contribution in [0.4, 0.5) is 0 Å². The van der Waals surface area contributed by atoms with Gasteiger partial charge in [0.1, 0.15) is 12.2 Å². The molecule has 102 valence electrons. The molecule has 1 atom stereocenters. The Morgan fingerprint density at radius 1 is 1.42 bits per heavy atom. The smallest absolute Gasteiger partial charge is 0.138 e. The summed E-state index contributed by atoms with van der Waals surface area (Å²) in [6.07, 6.45) is 7.49. The molecule has 3 rings (SSSR count). The van der Waals surface area contributed by atoms with Gasteiger partial charge in [0, 0.05) is 28.8 Å². The van der Waals surface area contributed by atoms with Gasteiger partial charge in [0.2, 0.25) is 0 Å². The van der Waals surface area contributed by atoms with Gasteiger partial charge in [0.05, 0.1) is 0 Å². The molecule has 1 unspecified atom stereocenters. The molecule has 1 aliphatic rings. The SMILES string of the molecule is CCn1ncnc1CC(N)c1cc2c(s1)CCCC2. The van der Waals surface area contributed by atoms with E-state index in [1.165, 1.54) is 36.1 Å². The highest BCUT2D eigenvalue weighted by Gasteiger charge is 2.18. The van der Waals surface area contributed by atoms with Crippen LogP contribution in [0, 0.1) is 0 Å². The van der Waals surface area contributed by atoms with Crippen molar-refractivity contribution in [2.24, 2.45) is 5.73 Å². The van der Waals surface area contributed by atoms with E-state index in [0.717, 1.165) is 18.8 Å². The number of nitrogens with zero attached hydrogens (tertiary/aromatic N) is 3. The van der Waals surface area contributed by atoms with Gasteiger partial charge in [-0.05, 0) is 44.2 Å². The molecule has 2 N–H and O–H groups in total. The van der Waals surface area contributed by atoms with Gasteiger partial charge in [-0.15, -0.1) is 11.3 Å². The largest absolute Gasteiger partial charge is 0.323 e. The van der Waals surface area contributed by atoms with E-state index in [1.807, 2.05) is 16.0 Å². The molecule has 2 aromatic heterocycles. The van der Waals surface area contributed by atoms with Crippen LogP contribution in [0.15, 0.2) is 12.4 Å². The van der Waals surface area contributed by atoms with Crippen molar-refractivity contribution in [3.05, 3.63) is 33.5 Å². The first-order chi connectivity index (χ1) is 9.28. The van der Waals surface area contributed by atoms with Crippen LogP contribution in [0.5, 0.6) is 0 Å². The van der Waals surface area contributed by atoms with Crippen LogP contribution >= 0.6 is 11.3 Å². The van der Waals surface area contributed by atoms with Crippen LogP contribution < -0.4 is 5.73 Å². The highest BCUT2D eigenvalue weighted by atomic mass is 32.1. The quantitative estimate of drug-likeness (QED) is 0.933. The molecule has 0 saturated heterocycles. The number of rotatable bonds is 4. The predicted octanol–water partition coefficient (Wildman–Crippen LogP) is 2.48. The molecule has 0 fully saturated rings. The second-order valence-corrected chi connectivity index (χ2v) is 6.28. The Balaban J connectivity index is 1.76. The van der Waals surface area contributed by atoms with Crippen LogP contribution in [0.25, 0.3) is 0 Å². The van der Waals surface area contributed by atoms with Crippen molar-refractivity contribution in [3.8, 4) is 0 Å². The van der Waals surface area contributed by atoms with Crippen molar-refractivity contribution >= 4 is 11.3 Å². The van der Waals surface area contributed by atoms with Gasteiger partial charge in [0.25, 0.3) is 0 Å². The van der Waals surface area contributed by atoms with E-state index >= 15 is 0 Å². The van der Waals surface area contributed by atoms with E-state index < -0.39 is 0 Å². The van der Waals surface area contributed by atoms with Crippen molar-refractivity contribution in [1.82, 2.24) is 14.8 Å². The second-order valence-electron chi connectivity index (χ2n) is 5.11. The van der Waals surface area contributed by atoms with Gasteiger partial charge in [-0.25, -0.2) is 4.98 Å². The highest BCUT2D eigenvalue weighted by molar-refractivity contribution is 7.12. The normalized spacial score (nSPS) is 16.3. The zero-order valence-corrected chi connectivity index (χ0v) is 12.1. The molecule has 0 spiro atoms. The number of hydrogen-bond acceptors (Lipinski definition) is 4. The number of thiophene rings is 1. The summed E-state index contributed by atoms with van der Waals surface area (Å²) in [5.74, 6) is 0.987. The summed E-state index contributed by atoms with van der Waals surface area (Å²) < 4.78 is 1.92. The van der Waals surface area contributed by atoms with Gasteiger partial charge >= 0.3 is 0 Å². The van der Waals surface area contributed by atoms with Crippen LogP contribution in [0.2, 0.25) is 0 Å². The third kappa shape index (κ3) is 2.58. The van der Waals surface area contributed by atoms with Crippen LogP contribution in [0.1, 0.15) is 46.9 Å². The maximum Gasteiger partial charge on any atom is 0.138 e. The van der Waals surface area contributed by atoms with E-state index in [9.17, 15) is 0 Å². The molecule has 0 saturated carbocycles. The summed E-state index contributed by atoms with van der Waals surface area (Å²) in [5.41, 5.74) is 7.88. The Kier molecular flexibility index (Phi) is 3.66. The van der Waals surface area contributed by atoms with E-state index in [0.29, 0.717) is 0 Å². The fraction of sp³-hybridized carbons (Fsp3) is 0.571. The number of aryl methyl sites for hydroxylation is 3. The molecular formula is C14H20N4S. The Bertz CT molecular complexity index is 534. The molecule has 1 aliphatic carbocycles. The van der Waals surface area contributed by atoms with Crippen LogP contribution in [-0.2, 0) is 25.8 Å². The minimum Gasteiger partial charge on any atom is -0.323 e. The fourth-order valence-electron chi connectivity index (χ4n) is 2.70. The lowest BCUT2D eigenvalue weighted by molar-refractivity contribution is 0.584. The Labute approximate surface area is 117 Å². The van der Waals surface area contributed by atoms with E-state index in [-0.39, 0.29) is 6.04 Å². The van der Waals surface area contributed by atoms with Crippen LogP contribution in [-0.4, -0.2) is 14.8 Å². The maximum absolute atomic E-state index is 6.35. The van der Waals surface area contributed by atoms with Crippen molar-refractivity contribution in [1.29, 1.82) is 0 Å². The fourth-order valence-corrected chi connectivity index (χ4v) is 3.96. The number of aromatic nitrogens is 3. The lowest BCUT2D eigenvalue weighted by Crippen LogP contribution is -2.15. The minimum atomic E-state index is 0.0464. The zero-order chi connectivity index (χ0) is 13.2. The summed E-state index contributed by atoms with van der Waals surface area (Å²) in [5, 5.41) is 4.20. The molecule has 0 aromatic carbocycles. The monoisotopic (exact) mass is 276 g/mol. The van der Waals surface area contributed by atoms with Crippen molar-refractivity contribution in [2.45, 2.75) is 51.6 Å². The van der Waals surface area contributed by atoms with Gasteiger partial charge < -0.3 is 5.73 Å². The maximum atomic E-state index is 6.35. The molecule has 0 aliphatic heterocycles. The molecule has 2 heterocycles. The molecule has 0 radical (unpaired) electrons. The van der Waals surface area contributed by atoms with Gasteiger partial charge in [-0.1, -0.05) is 0 Å². The average Bonchev–Trinajstić information content (AvgIpc) is 3.03. The molecule has 2 aromatic rings. The Hall–Kier alpha value is -1.20. The number of fused-ring (bicyclic) bond motifs is 1. The predicted molar refractivity (Wildman–Crippen MR) is 77.3 cm³/mol. The van der Waals surface area contributed by atoms with E-state index in [1.54, 1.807) is 11.2 Å². The molecular weight excluding hydrogens is 256 g/mol. The highest BCUT2D eigenvalue weighted by Crippen LogP contribution is 2.32. The topological polar surface area (TPSA) is 56.7 Å². The van der Waals surface area contributed by atoms with E-state index in [2.05, 4.69) is 23.1 Å². The third-order valence-electron chi connectivity index (χ3n) is 3.78. The number of nitrogens with two attached hydrogens (primary N) is 1. The van der Waals surface area contributed by atoms with Gasteiger partial charge in [-0.2, -0.15) is 5.10 Å². The zero-order valence-electron chi connectivity index (χ0n) is 11.3. The van der Waals surface area contributed by atoms with E-state index in [4.69, 9.17) is 5.73 Å². The van der Waals surface area contributed by atoms with Crippen molar-refractivity contribution in [3.63, 3.8) is 0 Å². The first-order valence-corrected chi connectivity index (χ1v) is 7.83. The summed E-state index contributed by atoms with van der Waals surface area (Å²) in [4.78, 5) is 7.16. The minimum absolute atomic E-state index is 0.0464. The van der Waals surface area contributed by atoms with Crippen molar-refractivity contribution < 1.29 is 0 Å². The molecule has 19 heavy (non-hydrogen) atoms. The van der Waals surface area contributed by atoms with Crippen LogP contribution in [0.3, 0.4) is 0 Å². The molecule has 0 bridgehead atoms. The summed E-state index contributed by atoms with van der Waals surface area (Å²) in [7, 11) is 0. The average molecular weight is 276 g/mol. The summed E-state index contributed by atoms with van der Waals surface area (Å²) >= 11 is 1.90. The molecule has 0 amide bonds.